The molecule has 0 aliphatic carbocycles. The number of rotatable bonds is 1. The van der Waals surface area contributed by atoms with Crippen molar-refractivity contribution >= 4 is 17.4 Å². The summed E-state index contributed by atoms with van der Waals surface area (Å²) in [4.78, 5) is 5.87. The minimum Gasteiger partial charge on any atom is -0.353 e. The topological polar surface area (TPSA) is 42.1 Å². The third-order valence-electron chi connectivity index (χ3n) is 2.55. The van der Waals surface area contributed by atoms with Crippen LogP contribution in [0.4, 0.5) is 10.2 Å². The molecule has 82 valence electrons. The van der Waals surface area contributed by atoms with Gasteiger partial charge in [-0.05, 0) is 18.9 Å². The van der Waals surface area contributed by atoms with E-state index in [-0.39, 0.29) is 11.9 Å². The summed E-state index contributed by atoms with van der Waals surface area (Å²) < 4.78 is 13.5. The maximum Gasteiger partial charge on any atom is 0.167 e. The van der Waals surface area contributed by atoms with Crippen molar-refractivity contribution < 1.29 is 4.39 Å². The molecular weight excluding hydrogens is 217 g/mol. The van der Waals surface area contributed by atoms with Gasteiger partial charge in [0.05, 0.1) is 5.02 Å². The van der Waals surface area contributed by atoms with Crippen molar-refractivity contribution in [2.45, 2.75) is 18.9 Å². The van der Waals surface area contributed by atoms with Crippen LogP contribution < -0.4 is 10.6 Å². The second-order valence-electron chi connectivity index (χ2n) is 3.81. The van der Waals surface area contributed by atoms with Gasteiger partial charge in [0.1, 0.15) is 0 Å². The summed E-state index contributed by atoms with van der Waals surface area (Å²) in [7, 11) is 0. The Labute approximate surface area is 93.0 Å². The largest absolute Gasteiger partial charge is 0.353 e. The lowest BCUT2D eigenvalue weighted by Gasteiger charge is -2.31. The number of hydrogen-bond acceptors (Lipinski definition) is 3. The van der Waals surface area contributed by atoms with Crippen molar-refractivity contribution in [3.63, 3.8) is 0 Å². The van der Waals surface area contributed by atoms with Gasteiger partial charge < -0.3 is 10.6 Å². The molecule has 1 unspecified atom stereocenters. The minimum atomic E-state index is -0.378. The fraction of sp³-hybridized carbons (Fsp3) is 0.500. The Kier molecular flexibility index (Phi) is 3.07. The molecule has 0 spiro atoms. The Balaban J connectivity index is 2.21. The molecule has 1 atom stereocenters. The molecule has 1 aliphatic rings. The molecule has 1 saturated heterocycles. The van der Waals surface area contributed by atoms with Crippen molar-refractivity contribution in [3.8, 4) is 0 Å². The van der Waals surface area contributed by atoms with E-state index in [1.165, 1.54) is 12.3 Å². The molecule has 1 aromatic heterocycles. The lowest BCUT2D eigenvalue weighted by atomic mass is 10.1. The van der Waals surface area contributed by atoms with E-state index >= 15 is 0 Å². The predicted octanol–water partition coefficient (Wildman–Crippen LogP) is 1.80. The smallest absolute Gasteiger partial charge is 0.167 e. The van der Waals surface area contributed by atoms with Crippen molar-refractivity contribution in [1.29, 1.82) is 0 Å². The van der Waals surface area contributed by atoms with Crippen LogP contribution >= 0.6 is 11.6 Å². The Morgan fingerprint density at radius 3 is 3.07 bits per heavy atom. The number of pyridine rings is 1. The van der Waals surface area contributed by atoms with Gasteiger partial charge in [-0.25, -0.2) is 9.37 Å². The highest BCUT2D eigenvalue weighted by molar-refractivity contribution is 6.30. The number of halogens is 2. The quantitative estimate of drug-likeness (QED) is 0.799. The first-order valence-electron chi connectivity index (χ1n) is 4.98. The van der Waals surface area contributed by atoms with Crippen molar-refractivity contribution in [1.82, 2.24) is 4.98 Å². The summed E-state index contributed by atoms with van der Waals surface area (Å²) in [5, 5.41) is 0.317. The summed E-state index contributed by atoms with van der Waals surface area (Å²) in [6.45, 7) is 1.46. The van der Waals surface area contributed by atoms with Gasteiger partial charge in [-0.1, -0.05) is 11.6 Å². The molecule has 1 aromatic rings. The third-order valence-corrected chi connectivity index (χ3v) is 2.75. The number of piperidine rings is 1. The van der Waals surface area contributed by atoms with E-state index in [9.17, 15) is 4.39 Å². The molecule has 3 nitrogen and oxygen atoms in total. The van der Waals surface area contributed by atoms with Gasteiger partial charge >= 0.3 is 0 Å². The lowest BCUT2D eigenvalue weighted by Crippen LogP contribution is -2.43. The zero-order valence-corrected chi connectivity index (χ0v) is 9.04. The zero-order chi connectivity index (χ0) is 10.8. The summed E-state index contributed by atoms with van der Waals surface area (Å²) in [6.07, 6.45) is 3.43. The first-order valence-corrected chi connectivity index (χ1v) is 5.36. The van der Waals surface area contributed by atoms with Gasteiger partial charge in [-0.15, -0.1) is 0 Å². The van der Waals surface area contributed by atoms with Crippen LogP contribution in [0.1, 0.15) is 12.8 Å². The molecule has 0 amide bonds. The van der Waals surface area contributed by atoms with Gasteiger partial charge in [0.25, 0.3) is 0 Å². The molecule has 0 radical (unpaired) electrons. The summed E-state index contributed by atoms with van der Waals surface area (Å²) in [5.74, 6) is -0.0221. The molecule has 0 bridgehead atoms. The van der Waals surface area contributed by atoms with Crippen LogP contribution in [-0.4, -0.2) is 24.1 Å². The van der Waals surface area contributed by atoms with Crippen LogP contribution in [0.2, 0.25) is 5.02 Å². The van der Waals surface area contributed by atoms with Crippen molar-refractivity contribution in [2.75, 3.05) is 18.0 Å². The molecule has 2 N–H and O–H groups in total. The number of hydrogen-bond donors (Lipinski definition) is 1. The van der Waals surface area contributed by atoms with Gasteiger partial charge in [-0.3, -0.25) is 0 Å². The van der Waals surface area contributed by atoms with Crippen molar-refractivity contribution in [3.05, 3.63) is 23.1 Å². The van der Waals surface area contributed by atoms with Gasteiger partial charge in [0.15, 0.2) is 11.6 Å². The number of nitrogens with two attached hydrogens (primary N) is 1. The van der Waals surface area contributed by atoms with E-state index in [0.717, 1.165) is 19.4 Å². The van der Waals surface area contributed by atoms with Crippen molar-refractivity contribution in [2.24, 2.45) is 5.73 Å². The van der Waals surface area contributed by atoms with Gasteiger partial charge in [-0.2, -0.15) is 0 Å². The number of aromatic nitrogens is 1. The van der Waals surface area contributed by atoms with Crippen LogP contribution in [0.3, 0.4) is 0 Å². The molecule has 1 aliphatic heterocycles. The molecular formula is C10H13ClFN3. The summed E-state index contributed by atoms with van der Waals surface area (Å²) in [6, 6.07) is 1.39. The van der Waals surface area contributed by atoms with E-state index in [1.807, 2.05) is 4.90 Å². The monoisotopic (exact) mass is 229 g/mol. The second-order valence-corrected chi connectivity index (χ2v) is 4.24. The highest BCUT2D eigenvalue weighted by Gasteiger charge is 2.20. The highest BCUT2D eigenvalue weighted by Crippen LogP contribution is 2.22. The molecule has 5 heteroatoms. The molecule has 15 heavy (non-hydrogen) atoms. The standard InChI is InChI=1S/C10H13ClFN3/c11-7-4-9(12)10(14-5-7)15-3-1-2-8(13)6-15/h4-5,8H,1-3,6,13H2. The lowest BCUT2D eigenvalue weighted by molar-refractivity contribution is 0.493. The SMILES string of the molecule is NC1CCCN(c2ncc(Cl)cc2F)C1. The van der Waals surface area contributed by atoms with Crippen LogP contribution in [0.5, 0.6) is 0 Å². The maximum atomic E-state index is 13.5. The van der Waals surface area contributed by atoms with E-state index in [4.69, 9.17) is 17.3 Å². The molecule has 0 aromatic carbocycles. The predicted molar refractivity (Wildman–Crippen MR) is 58.6 cm³/mol. The zero-order valence-electron chi connectivity index (χ0n) is 8.29. The Bertz CT molecular complexity index is 359. The summed E-state index contributed by atoms with van der Waals surface area (Å²) >= 11 is 5.64. The first kappa shape index (κ1) is 10.6. The van der Waals surface area contributed by atoms with Gasteiger partial charge in [0, 0.05) is 25.3 Å². The van der Waals surface area contributed by atoms with Crippen LogP contribution in [-0.2, 0) is 0 Å². The second kappa shape index (κ2) is 4.33. The van der Waals surface area contributed by atoms with E-state index < -0.39 is 0 Å². The Morgan fingerprint density at radius 1 is 1.60 bits per heavy atom. The van der Waals surface area contributed by atoms with Gasteiger partial charge in [0.2, 0.25) is 0 Å². The molecule has 0 saturated carbocycles. The third kappa shape index (κ3) is 2.38. The fourth-order valence-corrected chi connectivity index (χ4v) is 1.99. The average Bonchev–Trinajstić information content (AvgIpc) is 2.17. The molecule has 2 heterocycles. The van der Waals surface area contributed by atoms with E-state index in [1.54, 1.807) is 0 Å². The fourth-order valence-electron chi connectivity index (χ4n) is 1.84. The van der Waals surface area contributed by atoms with E-state index in [0.29, 0.717) is 17.4 Å². The van der Waals surface area contributed by atoms with E-state index in [2.05, 4.69) is 4.98 Å². The van der Waals surface area contributed by atoms with Crippen LogP contribution in [0.25, 0.3) is 0 Å². The highest BCUT2D eigenvalue weighted by atomic mass is 35.5. The Morgan fingerprint density at radius 2 is 2.40 bits per heavy atom. The van der Waals surface area contributed by atoms with Crippen LogP contribution in [0, 0.1) is 5.82 Å². The number of anilines is 1. The maximum absolute atomic E-state index is 13.5. The number of nitrogens with zero attached hydrogens (tertiary/aromatic N) is 2. The Hall–Kier alpha value is -0.870. The van der Waals surface area contributed by atoms with Crippen LogP contribution in [0.15, 0.2) is 12.3 Å². The average molecular weight is 230 g/mol. The molecule has 1 fully saturated rings. The summed E-state index contributed by atoms with van der Waals surface area (Å²) in [5.41, 5.74) is 5.82. The normalized spacial score (nSPS) is 21.8. The minimum absolute atomic E-state index is 0.107. The molecule has 2 rings (SSSR count). The first-order chi connectivity index (χ1) is 7.16.